The average molecular weight is 429 g/mol. The number of nitrogens with one attached hydrogen (secondary N) is 1. The molecule has 0 spiro atoms. The second kappa shape index (κ2) is 10.8. The van der Waals surface area contributed by atoms with E-state index in [1.165, 1.54) is 10.8 Å². The number of nitrogens with two attached hydrogens (primary N) is 1. The summed E-state index contributed by atoms with van der Waals surface area (Å²) >= 11 is 0. The van der Waals surface area contributed by atoms with E-state index < -0.39 is 5.09 Å². The smallest absolute Gasteiger partial charge is 0.367 e. The maximum atomic E-state index is 8.47. The first-order chi connectivity index (χ1) is 15.5. The molecule has 4 aromatic carbocycles. The molecular weight excluding hydrogens is 408 g/mol. The highest BCUT2D eigenvalue weighted by atomic mass is 16.9. The molecule has 32 heavy (non-hydrogen) atoms. The van der Waals surface area contributed by atoms with E-state index in [1.54, 1.807) is 12.4 Å². The Balaban J connectivity index is 0.000000668. The third-order valence-corrected chi connectivity index (χ3v) is 4.31. The van der Waals surface area contributed by atoms with Crippen molar-refractivity contribution in [3.63, 3.8) is 0 Å². The van der Waals surface area contributed by atoms with Crippen LogP contribution in [0.25, 0.3) is 21.5 Å². The Morgan fingerprint density at radius 3 is 1.78 bits per heavy atom. The second-order valence-electron chi connectivity index (χ2n) is 6.57. The fourth-order valence-corrected chi connectivity index (χ4v) is 2.93. The zero-order valence-electron chi connectivity index (χ0n) is 16.9. The summed E-state index contributed by atoms with van der Waals surface area (Å²) in [5.74, 6) is 0.120. The Labute approximate surface area is 183 Å². The van der Waals surface area contributed by atoms with E-state index in [1.807, 2.05) is 36.4 Å². The monoisotopic (exact) mass is 429 g/mol. The topological polar surface area (TPSA) is 136 Å². The van der Waals surface area contributed by atoms with Crippen molar-refractivity contribution in [2.45, 2.75) is 0 Å². The normalized spacial score (nSPS) is 11.6. The molecular formula is C23H21N6O3+. The van der Waals surface area contributed by atoms with E-state index in [0.29, 0.717) is 0 Å². The van der Waals surface area contributed by atoms with Gasteiger partial charge in [0, 0.05) is 0 Å². The summed E-state index contributed by atoms with van der Waals surface area (Å²) in [6.07, 6.45) is 3.36. The summed E-state index contributed by atoms with van der Waals surface area (Å²) in [5.41, 5.74) is 10.4. The highest BCUT2D eigenvalue weighted by Crippen LogP contribution is 2.15. The van der Waals surface area contributed by atoms with E-state index in [-0.39, 0.29) is 5.96 Å². The van der Waals surface area contributed by atoms with Gasteiger partial charge in [-0.3, -0.25) is 0 Å². The van der Waals surface area contributed by atoms with Crippen LogP contribution in [0.2, 0.25) is 0 Å². The van der Waals surface area contributed by atoms with Gasteiger partial charge >= 0.3 is 5.09 Å². The van der Waals surface area contributed by atoms with Crippen LogP contribution in [0.5, 0.6) is 0 Å². The number of benzene rings is 4. The number of hydrogen-bond acceptors (Lipinski definition) is 4. The van der Waals surface area contributed by atoms with Gasteiger partial charge in [0.2, 0.25) is 5.96 Å². The summed E-state index contributed by atoms with van der Waals surface area (Å²) in [6.45, 7) is 0. The van der Waals surface area contributed by atoms with Crippen molar-refractivity contribution < 1.29 is 15.5 Å². The van der Waals surface area contributed by atoms with Crippen LogP contribution >= 0.6 is 0 Å². The van der Waals surface area contributed by atoms with Gasteiger partial charge in [-0.05, 0) is 44.8 Å². The molecule has 0 aliphatic rings. The zero-order valence-corrected chi connectivity index (χ0v) is 16.9. The zero-order chi connectivity index (χ0) is 22.8. The van der Waals surface area contributed by atoms with Gasteiger partial charge < -0.3 is 5.73 Å². The van der Waals surface area contributed by atoms with Crippen molar-refractivity contribution in [1.82, 2.24) is 5.43 Å². The molecule has 0 fully saturated rings. The third-order valence-electron chi connectivity index (χ3n) is 4.31. The molecule has 9 heteroatoms. The van der Waals surface area contributed by atoms with Gasteiger partial charge in [0.1, 0.15) is 4.91 Å². The van der Waals surface area contributed by atoms with Crippen LogP contribution in [0.3, 0.4) is 0 Å². The second-order valence-corrected chi connectivity index (χ2v) is 6.57. The van der Waals surface area contributed by atoms with Crippen LogP contribution in [-0.4, -0.2) is 33.9 Å². The molecule has 0 saturated carbocycles. The minimum atomic E-state index is -1.25. The van der Waals surface area contributed by atoms with Crippen molar-refractivity contribution >= 4 is 39.9 Å². The maximum absolute atomic E-state index is 8.47. The molecule has 0 heterocycles. The SMILES string of the molecule is N/C(=N\N=C\c1ccc2ccccc2c1)N/N=C/c1ccc2ccccc2c1.O=[N+](O)O. The van der Waals surface area contributed by atoms with Crippen LogP contribution in [-0.2, 0) is 0 Å². The first-order valence-electron chi connectivity index (χ1n) is 9.49. The molecule has 0 amide bonds. The number of nitrogens with zero attached hydrogens (tertiary/aromatic N) is 4. The Kier molecular flexibility index (Phi) is 7.42. The third kappa shape index (κ3) is 6.63. The van der Waals surface area contributed by atoms with Gasteiger partial charge in [0.15, 0.2) is 0 Å². The van der Waals surface area contributed by atoms with Gasteiger partial charge in [0.25, 0.3) is 0 Å². The minimum absolute atomic E-state index is 0.120. The van der Waals surface area contributed by atoms with E-state index in [4.69, 9.17) is 21.1 Å². The van der Waals surface area contributed by atoms with Crippen molar-refractivity contribution in [3.8, 4) is 0 Å². The molecule has 0 atom stereocenters. The van der Waals surface area contributed by atoms with Crippen LogP contribution in [0.15, 0.2) is 100 Å². The molecule has 5 N–H and O–H groups in total. The first-order valence-corrected chi connectivity index (χ1v) is 9.49. The fourth-order valence-electron chi connectivity index (χ4n) is 2.93. The largest absolute Gasteiger partial charge is 0.472 e. The van der Waals surface area contributed by atoms with Crippen LogP contribution in [0.1, 0.15) is 11.1 Å². The molecule has 0 aliphatic heterocycles. The standard InChI is InChI=1S/C23H19N5.H2NO3/c24-23(27-25-15-17-9-11-19-5-1-3-7-21(19)13-17)28-26-16-18-10-12-20-6-2-4-8-22(20)14-18;2-1(3)4/h1-16H,(H3,24,27,28);(H2,2,3,4)/q;+1/b25-15+,26-16+;. The lowest BCUT2D eigenvalue weighted by atomic mass is 10.1. The van der Waals surface area contributed by atoms with Crippen molar-refractivity contribution in [1.29, 1.82) is 0 Å². The molecule has 0 bridgehead atoms. The lowest BCUT2D eigenvalue weighted by Crippen LogP contribution is -2.26. The van der Waals surface area contributed by atoms with Crippen molar-refractivity contribution in [2.75, 3.05) is 0 Å². The number of rotatable bonds is 4. The molecule has 160 valence electrons. The molecule has 0 aliphatic carbocycles. The summed E-state index contributed by atoms with van der Waals surface area (Å²) < 4.78 is 0. The van der Waals surface area contributed by atoms with Crippen LogP contribution in [0, 0.1) is 4.91 Å². The maximum Gasteiger partial charge on any atom is 0.472 e. The lowest BCUT2D eigenvalue weighted by molar-refractivity contribution is -0.969. The van der Waals surface area contributed by atoms with Crippen LogP contribution < -0.4 is 11.2 Å². The number of hydrogen-bond donors (Lipinski definition) is 4. The Morgan fingerprint density at radius 2 is 1.25 bits per heavy atom. The van der Waals surface area contributed by atoms with Gasteiger partial charge in [-0.1, -0.05) is 72.8 Å². The number of fused-ring (bicyclic) bond motifs is 2. The Hall–Kier alpha value is -4.79. The Bertz CT molecular complexity index is 1310. The highest BCUT2D eigenvalue weighted by Gasteiger charge is 1.95. The summed E-state index contributed by atoms with van der Waals surface area (Å²) in [6, 6.07) is 28.6. The van der Waals surface area contributed by atoms with Crippen molar-refractivity contribution in [3.05, 3.63) is 101 Å². The van der Waals surface area contributed by atoms with Gasteiger partial charge in [-0.25, -0.2) is 15.8 Å². The molecule has 0 radical (unpaired) electrons. The highest BCUT2D eigenvalue weighted by molar-refractivity contribution is 5.92. The van der Waals surface area contributed by atoms with Gasteiger partial charge in [-0.2, -0.15) is 10.2 Å². The van der Waals surface area contributed by atoms with E-state index >= 15 is 0 Å². The quantitative estimate of drug-likeness (QED) is 0.222. The Morgan fingerprint density at radius 1 is 0.781 bits per heavy atom. The molecule has 0 aromatic heterocycles. The van der Waals surface area contributed by atoms with Gasteiger partial charge in [0.05, 0.1) is 12.4 Å². The molecule has 0 saturated heterocycles. The molecule has 0 unspecified atom stereocenters. The molecule has 9 nitrogen and oxygen atoms in total. The van der Waals surface area contributed by atoms with Crippen molar-refractivity contribution in [2.24, 2.45) is 21.0 Å². The van der Waals surface area contributed by atoms with E-state index in [9.17, 15) is 0 Å². The minimum Gasteiger partial charge on any atom is -0.367 e. The summed E-state index contributed by atoms with van der Waals surface area (Å²) in [4.78, 5) is 8.47. The first kappa shape index (κ1) is 21.9. The fraction of sp³-hybridized carbons (Fsp3) is 0. The summed E-state index contributed by atoms with van der Waals surface area (Å²) in [7, 11) is 0. The summed E-state index contributed by atoms with van der Waals surface area (Å²) in [5, 5.41) is 29.3. The lowest BCUT2D eigenvalue weighted by Gasteiger charge is -2.00. The predicted molar refractivity (Wildman–Crippen MR) is 125 cm³/mol. The predicted octanol–water partition coefficient (Wildman–Crippen LogP) is 3.81. The molecule has 4 aromatic rings. The van der Waals surface area contributed by atoms with E-state index in [2.05, 4.69) is 69.3 Å². The van der Waals surface area contributed by atoms with Crippen LogP contribution in [0.4, 0.5) is 0 Å². The number of hydrazone groups is 1. The van der Waals surface area contributed by atoms with Gasteiger partial charge in [-0.15, -0.1) is 5.10 Å². The van der Waals surface area contributed by atoms with E-state index in [0.717, 1.165) is 21.9 Å². The molecule has 4 rings (SSSR count). The average Bonchev–Trinajstić information content (AvgIpc) is 2.78. The number of guanidine groups is 1.